The van der Waals surface area contributed by atoms with Gasteiger partial charge in [-0.2, -0.15) is 0 Å². The lowest BCUT2D eigenvalue weighted by Crippen LogP contribution is -1.96. The molecule has 184 valence electrons. The van der Waals surface area contributed by atoms with Gasteiger partial charge in [-0.25, -0.2) is 0 Å². The molecule has 0 N–H and O–H groups in total. The Hall–Kier alpha value is -5.06. The molecule has 5 aromatic heterocycles. The van der Waals surface area contributed by atoms with Gasteiger partial charge in [0.05, 0.1) is 59.1 Å². The fourth-order valence-electron chi connectivity index (χ4n) is 7.61. The number of nitrogens with zero attached hydrogens (tertiary/aromatic N) is 3. The van der Waals surface area contributed by atoms with Crippen molar-refractivity contribution in [1.29, 1.82) is 0 Å². The number of hydrogen-bond donors (Lipinski definition) is 0. The summed E-state index contributed by atoms with van der Waals surface area (Å²) in [4.78, 5) is 0. The number of rotatable bonds is 0. The van der Waals surface area contributed by atoms with Gasteiger partial charge >= 0.3 is 0 Å². The van der Waals surface area contributed by atoms with Gasteiger partial charge in [0.15, 0.2) is 0 Å². The van der Waals surface area contributed by atoms with Gasteiger partial charge in [0.1, 0.15) is 0 Å². The van der Waals surface area contributed by atoms with Crippen LogP contribution in [0, 0.1) is 0 Å². The summed E-state index contributed by atoms with van der Waals surface area (Å²) < 4.78 is 10.1. The van der Waals surface area contributed by atoms with Gasteiger partial charge in [0.2, 0.25) is 0 Å². The largest absolute Gasteiger partial charge is 0.306 e. The van der Waals surface area contributed by atoms with Crippen molar-refractivity contribution in [3.8, 4) is 0 Å². The number of benzene rings is 6. The minimum absolute atomic E-state index is 1.25. The van der Waals surface area contributed by atoms with Gasteiger partial charge < -0.3 is 13.2 Å². The summed E-state index contributed by atoms with van der Waals surface area (Å²) in [5.74, 6) is 0. The molecule has 5 heterocycles. The Labute approximate surface area is 230 Å². The Bertz CT molecular complexity index is 2870. The van der Waals surface area contributed by atoms with E-state index < -0.39 is 0 Å². The normalized spacial score (nSPS) is 13.0. The summed E-state index contributed by atoms with van der Waals surface area (Å²) in [6, 6.07) is 42.9. The summed E-state index contributed by atoms with van der Waals surface area (Å²) in [5, 5.41) is 7.85. The fraction of sp³-hybridized carbons (Fsp3) is 0. The van der Waals surface area contributed by atoms with E-state index in [1.165, 1.54) is 91.4 Å². The van der Waals surface area contributed by atoms with Crippen LogP contribution in [0.3, 0.4) is 0 Å². The summed E-state index contributed by atoms with van der Waals surface area (Å²) >= 11 is 1.88. The number of fused-ring (bicyclic) bond motifs is 13. The van der Waals surface area contributed by atoms with Crippen LogP contribution in [-0.4, -0.2) is 13.2 Å². The molecule has 0 saturated heterocycles. The van der Waals surface area contributed by atoms with Crippen LogP contribution in [0.25, 0.3) is 91.4 Å². The summed E-state index contributed by atoms with van der Waals surface area (Å²) in [6.45, 7) is 0. The highest BCUT2D eigenvalue weighted by atomic mass is 32.1. The zero-order valence-electron chi connectivity index (χ0n) is 21.2. The van der Waals surface area contributed by atoms with E-state index in [1.54, 1.807) is 0 Å². The van der Waals surface area contributed by atoms with Crippen molar-refractivity contribution in [1.82, 2.24) is 13.2 Å². The van der Waals surface area contributed by atoms with Crippen LogP contribution in [0.1, 0.15) is 0 Å². The van der Waals surface area contributed by atoms with Gasteiger partial charge in [-0.05, 0) is 48.5 Å². The highest BCUT2D eigenvalue weighted by molar-refractivity contribution is 7.24. The predicted molar refractivity (Wildman–Crippen MR) is 171 cm³/mol. The van der Waals surface area contributed by atoms with E-state index in [9.17, 15) is 0 Å². The number of aromatic nitrogens is 3. The first kappa shape index (κ1) is 19.9. The van der Waals surface area contributed by atoms with E-state index in [1.807, 2.05) is 11.3 Å². The second-order valence-electron chi connectivity index (χ2n) is 11.0. The minimum Gasteiger partial charge on any atom is -0.306 e. The van der Waals surface area contributed by atoms with Gasteiger partial charge in [-0.15, -0.1) is 11.3 Å². The monoisotopic (exact) mass is 525 g/mol. The zero-order chi connectivity index (χ0) is 25.7. The molecule has 0 saturated carbocycles. The van der Waals surface area contributed by atoms with Gasteiger partial charge in [-0.3, -0.25) is 0 Å². The maximum absolute atomic E-state index is 2.52. The molecule has 6 aromatic carbocycles. The van der Waals surface area contributed by atoms with E-state index in [0.29, 0.717) is 0 Å². The minimum atomic E-state index is 1.25. The zero-order valence-corrected chi connectivity index (χ0v) is 22.0. The molecule has 0 bridgehead atoms. The third-order valence-corrected chi connectivity index (χ3v) is 10.2. The van der Waals surface area contributed by atoms with Crippen LogP contribution in [-0.2, 0) is 0 Å². The lowest BCUT2D eigenvalue weighted by molar-refractivity contribution is 1.26. The van der Waals surface area contributed by atoms with E-state index in [2.05, 4.69) is 128 Å². The molecule has 11 aromatic rings. The maximum Gasteiger partial charge on any atom is 0.0783 e. The fourth-order valence-corrected chi connectivity index (χ4v) is 8.71. The number of hydrogen-bond acceptors (Lipinski definition) is 1. The second-order valence-corrected chi connectivity index (χ2v) is 12.1. The second kappa shape index (κ2) is 6.56. The van der Waals surface area contributed by atoms with E-state index in [0.717, 1.165) is 0 Å². The molecule has 0 aliphatic heterocycles. The predicted octanol–water partition coefficient (Wildman–Crippen LogP) is 10.0. The van der Waals surface area contributed by atoms with Crippen LogP contribution in [0.4, 0.5) is 0 Å². The smallest absolute Gasteiger partial charge is 0.0783 e. The third kappa shape index (κ3) is 2.09. The molecule has 0 aliphatic rings. The molecule has 40 heavy (non-hydrogen) atoms. The Balaban J connectivity index is 1.48. The van der Waals surface area contributed by atoms with Crippen molar-refractivity contribution in [2.45, 2.75) is 0 Å². The molecule has 0 unspecified atom stereocenters. The number of para-hydroxylation sites is 5. The lowest BCUT2D eigenvalue weighted by atomic mass is 10.1. The molecule has 4 heteroatoms. The molecule has 3 nitrogen and oxygen atoms in total. The summed E-state index contributed by atoms with van der Waals surface area (Å²) in [7, 11) is 0. The van der Waals surface area contributed by atoms with Gasteiger partial charge in [0.25, 0.3) is 0 Å². The lowest BCUT2D eigenvalue weighted by Gasteiger charge is -2.11. The van der Waals surface area contributed by atoms with Crippen molar-refractivity contribution in [2.24, 2.45) is 0 Å². The highest BCUT2D eigenvalue weighted by Gasteiger charge is 2.22. The van der Waals surface area contributed by atoms with Crippen LogP contribution >= 0.6 is 11.3 Å². The average molecular weight is 526 g/mol. The maximum atomic E-state index is 2.52. The molecule has 0 aliphatic carbocycles. The molecular formula is C36H19N3S. The standard InChI is InChI=1S/C36H19N3S/c1-2-12-26-20(8-1)21-9-5-15-29-34(21)37(26)28-14-6-10-22-24-18-25-23-11-7-17-33-36(23)38(27-13-3-4-16-32(27)40-33)30(25)19-31(24)39(29)35(22)28/h1-19H. The van der Waals surface area contributed by atoms with Crippen LogP contribution < -0.4 is 0 Å². The topological polar surface area (TPSA) is 13.2 Å². The Morgan fingerprint density at radius 2 is 0.825 bits per heavy atom. The quantitative estimate of drug-likeness (QED) is 0.175. The molecule has 0 amide bonds. The van der Waals surface area contributed by atoms with Crippen molar-refractivity contribution >= 4 is 103 Å². The first-order chi connectivity index (χ1) is 19.9. The molecule has 0 atom stereocenters. The van der Waals surface area contributed by atoms with Crippen LogP contribution in [0.15, 0.2) is 115 Å². The molecule has 11 rings (SSSR count). The molecule has 0 spiro atoms. The molecule has 0 fully saturated rings. The Kier molecular flexibility index (Phi) is 3.27. The van der Waals surface area contributed by atoms with Crippen molar-refractivity contribution < 1.29 is 0 Å². The summed E-state index contributed by atoms with van der Waals surface area (Å²) in [5.41, 5.74) is 11.4. The first-order valence-electron chi connectivity index (χ1n) is 13.7. The average Bonchev–Trinajstić information content (AvgIpc) is 3.64. The van der Waals surface area contributed by atoms with Gasteiger partial charge in [-0.1, -0.05) is 66.7 Å². The van der Waals surface area contributed by atoms with E-state index in [4.69, 9.17) is 0 Å². The molecule has 0 radical (unpaired) electrons. The van der Waals surface area contributed by atoms with E-state index in [-0.39, 0.29) is 0 Å². The molecular weight excluding hydrogens is 506 g/mol. The van der Waals surface area contributed by atoms with Crippen molar-refractivity contribution in [2.75, 3.05) is 0 Å². The van der Waals surface area contributed by atoms with Crippen LogP contribution in [0.5, 0.6) is 0 Å². The first-order valence-corrected chi connectivity index (χ1v) is 14.5. The summed E-state index contributed by atoms with van der Waals surface area (Å²) in [6.07, 6.45) is 0. The van der Waals surface area contributed by atoms with E-state index >= 15 is 0 Å². The highest BCUT2D eigenvalue weighted by Crippen LogP contribution is 2.44. The Morgan fingerprint density at radius 1 is 0.325 bits per heavy atom. The van der Waals surface area contributed by atoms with Crippen molar-refractivity contribution in [3.63, 3.8) is 0 Å². The van der Waals surface area contributed by atoms with Crippen molar-refractivity contribution in [3.05, 3.63) is 115 Å². The van der Waals surface area contributed by atoms with Gasteiger partial charge in [0, 0.05) is 32.3 Å². The van der Waals surface area contributed by atoms with Crippen LogP contribution in [0.2, 0.25) is 0 Å². The SMILES string of the molecule is c1ccc2c(c1)sc1cccc3c4cc5c6cccc7c6n(c5cc4n2c13)c1cccc2c3ccccc3n7c21. The Morgan fingerprint density at radius 3 is 1.60 bits per heavy atom. The third-order valence-electron chi connectivity index (χ3n) is 9.12.